The lowest BCUT2D eigenvalue weighted by atomic mass is 10.3. The van der Waals surface area contributed by atoms with Crippen LogP contribution in [0, 0.1) is 0 Å². The van der Waals surface area contributed by atoms with Gasteiger partial charge in [0.05, 0.1) is 5.39 Å². The van der Waals surface area contributed by atoms with Crippen LogP contribution in [0.3, 0.4) is 0 Å². The van der Waals surface area contributed by atoms with Crippen LogP contribution < -0.4 is 4.74 Å². The molecule has 0 atom stereocenters. The van der Waals surface area contributed by atoms with Gasteiger partial charge in [-0.25, -0.2) is 4.98 Å². The van der Waals surface area contributed by atoms with Crippen LogP contribution in [0.25, 0.3) is 11.0 Å². The summed E-state index contributed by atoms with van der Waals surface area (Å²) in [5.74, 6) is 0.301. The molecule has 0 aliphatic heterocycles. The van der Waals surface area contributed by atoms with Gasteiger partial charge >= 0.3 is 5.97 Å². The predicted octanol–water partition coefficient (Wildman–Crippen LogP) is 1.88. The lowest BCUT2D eigenvalue weighted by Crippen LogP contribution is -2.04. The van der Waals surface area contributed by atoms with E-state index in [0.717, 1.165) is 11.0 Å². The standard InChI is InChI=1S/C10H10N2O2/c1-2-9(13)14-8-6-12-10-7(8)4-3-5-11-10/h3-6H,2H2,1H3,(H,11,12). The van der Waals surface area contributed by atoms with Crippen molar-refractivity contribution in [3.05, 3.63) is 24.5 Å². The Kier molecular flexibility index (Phi) is 2.18. The van der Waals surface area contributed by atoms with Gasteiger partial charge in [0.15, 0.2) is 5.75 Å². The summed E-state index contributed by atoms with van der Waals surface area (Å²) >= 11 is 0. The highest BCUT2D eigenvalue weighted by Gasteiger charge is 2.07. The highest BCUT2D eigenvalue weighted by atomic mass is 16.5. The summed E-state index contributed by atoms with van der Waals surface area (Å²) in [4.78, 5) is 18.1. The zero-order valence-corrected chi connectivity index (χ0v) is 7.78. The smallest absolute Gasteiger partial charge is 0.310 e. The minimum Gasteiger partial charge on any atom is -0.424 e. The maximum atomic E-state index is 11.1. The number of fused-ring (bicyclic) bond motifs is 1. The number of nitrogens with one attached hydrogen (secondary N) is 1. The Bertz CT molecular complexity index is 462. The molecule has 0 amide bonds. The third-order valence-electron chi connectivity index (χ3n) is 1.93. The lowest BCUT2D eigenvalue weighted by molar-refractivity contribution is -0.133. The molecule has 0 aromatic carbocycles. The zero-order chi connectivity index (χ0) is 9.97. The normalized spacial score (nSPS) is 10.4. The number of carbonyl (C=O) groups is 1. The molecule has 0 radical (unpaired) electrons. The first-order chi connectivity index (χ1) is 6.81. The van der Waals surface area contributed by atoms with Crippen molar-refractivity contribution < 1.29 is 9.53 Å². The number of hydrogen-bond acceptors (Lipinski definition) is 3. The summed E-state index contributed by atoms with van der Waals surface area (Å²) in [5, 5.41) is 0.828. The number of H-pyrrole nitrogens is 1. The number of aromatic amines is 1. The predicted molar refractivity (Wildman–Crippen MR) is 52.0 cm³/mol. The fourth-order valence-electron chi connectivity index (χ4n) is 1.21. The molecule has 2 aromatic heterocycles. The maximum absolute atomic E-state index is 11.1. The number of ether oxygens (including phenoxy) is 1. The van der Waals surface area contributed by atoms with E-state index >= 15 is 0 Å². The Balaban J connectivity index is 2.38. The van der Waals surface area contributed by atoms with Gasteiger partial charge in [0.2, 0.25) is 0 Å². The van der Waals surface area contributed by atoms with Gasteiger partial charge in [-0.3, -0.25) is 4.79 Å². The van der Waals surface area contributed by atoms with E-state index in [2.05, 4.69) is 9.97 Å². The first-order valence-corrected chi connectivity index (χ1v) is 4.44. The summed E-state index contributed by atoms with van der Waals surface area (Å²) < 4.78 is 5.11. The zero-order valence-electron chi connectivity index (χ0n) is 7.78. The first kappa shape index (κ1) is 8.74. The van der Waals surface area contributed by atoms with Crippen molar-refractivity contribution in [3.8, 4) is 5.75 Å². The number of nitrogens with zero attached hydrogens (tertiary/aromatic N) is 1. The summed E-state index contributed by atoms with van der Waals surface area (Å²) in [6.45, 7) is 1.76. The lowest BCUT2D eigenvalue weighted by Gasteiger charge is -1.98. The highest BCUT2D eigenvalue weighted by Crippen LogP contribution is 2.23. The van der Waals surface area contributed by atoms with Crippen LogP contribution in [0.1, 0.15) is 13.3 Å². The van der Waals surface area contributed by atoms with Gasteiger partial charge < -0.3 is 9.72 Å². The average Bonchev–Trinajstić information content (AvgIpc) is 2.62. The molecule has 2 heterocycles. The van der Waals surface area contributed by atoms with Crippen molar-refractivity contribution in [2.75, 3.05) is 0 Å². The van der Waals surface area contributed by atoms with Crippen LogP contribution in [-0.2, 0) is 4.79 Å². The van der Waals surface area contributed by atoms with Crippen molar-refractivity contribution in [2.45, 2.75) is 13.3 Å². The molecular formula is C10H10N2O2. The number of rotatable bonds is 2. The second-order valence-electron chi connectivity index (χ2n) is 2.88. The van der Waals surface area contributed by atoms with E-state index in [1.807, 2.05) is 6.07 Å². The number of pyridine rings is 1. The van der Waals surface area contributed by atoms with Crippen molar-refractivity contribution >= 4 is 17.0 Å². The van der Waals surface area contributed by atoms with Crippen molar-refractivity contribution in [1.29, 1.82) is 0 Å². The van der Waals surface area contributed by atoms with E-state index in [1.165, 1.54) is 0 Å². The highest BCUT2D eigenvalue weighted by molar-refractivity contribution is 5.86. The van der Waals surface area contributed by atoms with Crippen LogP contribution in [0.4, 0.5) is 0 Å². The van der Waals surface area contributed by atoms with Crippen molar-refractivity contribution in [3.63, 3.8) is 0 Å². The molecule has 0 unspecified atom stereocenters. The van der Waals surface area contributed by atoms with Crippen LogP contribution in [0.2, 0.25) is 0 Å². The molecule has 0 saturated heterocycles. The molecule has 1 N–H and O–H groups in total. The molecular weight excluding hydrogens is 180 g/mol. The number of carbonyl (C=O) groups excluding carboxylic acids is 1. The molecule has 72 valence electrons. The summed E-state index contributed by atoms with van der Waals surface area (Å²) in [6, 6.07) is 3.66. The van der Waals surface area contributed by atoms with Gasteiger partial charge in [0.25, 0.3) is 0 Å². The monoisotopic (exact) mass is 190 g/mol. The third-order valence-corrected chi connectivity index (χ3v) is 1.93. The van der Waals surface area contributed by atoms with Crippen LogP contribution in [-0.4, -0.2) is 15.9 Å². The van der Waals surface area contributed by atoms with Gasteiger partial charge in [0.1, 0.15) is 5.65 Å². The van der Waals surface area contributed by atoms with E-state index in [1.54, 1.807) is 25.4 Å². The summed E-state index contributed by atoms with van der Waals surface area (Å²) in [7, 11) is 0. The minimum atomic E-state index is -0.241. The van der Waals surface area contributed by atoms with Gasteiger partial charge in [-0.1, -0.05) is 6.92 Å². The molecule has 0 fully saturated rings. The molecule has 0 bridgehead atoms. The minimum absolute atomic E-state index is 0.241. The maximum Gasteiger partial charge on any atom is 0.310 e. The van der Waals surface area contributed by atoms with Gasteiger partial charge in [-0.2, -0.15) is 0 Å². The van der Waals surface area contributed by atoms with Crippen LogP contribution in [0.15, 0.2) is 24.5 Å². The van der Waals surface area contributed by atoms with Crippen molar-refractivity contribution in [1.82, 2.24) is 9.97 Å². The Hall–Kier alpha value is -1.84. The Labute approximate surface area is 80.9 Å². The Morgan fingerprint density at radius 1 is 1.64 bits per heavy atom. The fourth-order valence-corrected chi connectivity index (χ4v) is 1.21. The molecule has 0 aliphatic carbocycles. The quantitative estimate of drug-likeness (QED) is 0.735. The second kappa shape index (κ2) is 3.49. The number of esters is 1. The van der Waals surface area contributed by atoms with Crippen molar-refractivity contribution in [2.24, 2.45) is 0 Å². The molecule has 0 aliphatic rings. The largest absolute Gasteiger partial charge is 0.424 e. The molecule has 4 heteroatoms. The third kappa shape index (κ3) is 1.46. The topological polar surface area (TPSA) is 55.0 Å². The molecule has 14 heavy (non-hydrogen) atoms. The van der Waals surface area contributed by atoms with Crippen LogP contribution >= 0.6 is 0 Å². The molecule has 2 aromatic rings. The fraction of sp³-hybridized carbons (Fsp3) is 0.200. The summed E-state index contributed by atoms with van der Waals surface area (Å²) in [6.07, 6.45) is 3.70. The van der Waals surface area contributed by atoms with E-state index in [9.17, 15) is 4.79 Å². The summed E-state index contributed by atoms with van der Waals surface area (Å²) in [5.41, 5.74) is 0.728. The van der Waals surface area contributed by atoms with E-state index in [4.69, 9.17) is 4.74 Å². The van der Waals surface area contributed by atoms with E-state index in [-0.39, 0.29) is 5.97 Å². The first-order valence-electron chi connectivity index (χ1n) is 4.44. The van der Waals surface area contributed by atoms with Crippen LogP contribution in [0.5, 0.6) is 5.75 Å². The molecule has 0 saturated carbocycles. The van der Waals surface area contributed by atoms with E-state index in [0.29, 0.717) is 12.2 Å². The van der Waals surface area contributed by atoms with Gasteiger partial charge in [0, 0.05) is 18.8 Å². The van der Waals surface area contributed by atoms with Gasteiger partial charge in [-0.15, -0.1) is 0 Å². The Morgan fingerprint density at radius 2 is 2.50 bits per heavy atom. The van der Waals surface area contributed by atoms with E-state index < -0.39 is 0 Å². The molecule has 0 spiro atoms. The molecule has 4 nitrogen and oxygen atoms in total. The average molecular weight is 190 g/mol. The number of aromatic nitrogens is 2. The van der Waals surface area contributed by atoms with Gasteiger partial charge in [-0.05, 0) is 12.1 Å². The molecule has 2 rings (SSSR count). The second-order valence-corrected chi connectivity index (χ2v) is 2.88. The SMILES string of the molecule is CCC(=O)Oc1c[nH]c2ncccc12. The number of hydrogen-bond donors (Lipinski definition) is 1. The Morgan fingerprint density at radius 3 is 3.29 bits per heavy atom.